The van der Waals surface area contributed by atoms with E-state index in [4.69, 9.17) is 4.74 Å². The maximum Gasteiger partial charge on any atom is 0.298 e. The van der Waals surface area contributed by atoms with E-state index in [1.807, 2.05) is 12.1 Å². The van der Waals surface area contributed by atoms with E-state index in [2.05, 4.69) is 4.98 Å². The first-order valence-electron chi connectivity index (χ1n) is 5.37. The zero-order chi connectivity index (χ0) is 12.0. The Kier molecular flexibility index (Phi) is 2.01. The molecule has 1 aliphatic heterocycles. The summed E-state index contributed by atoms with van der Waals surface area (Å²) in [7, 11) is 0. The molecule has 0 unspecified atom stereocenters. The van der Waals surface area contributed by atoms with Crippen LogP contribution in [0.2, 0.25) is 0 Å². The molecule has 5 heteroatoms. The summed E-state index contributed by atoms with van der Waals surface area (Å²) in [5, 5.41) is 11.9. The van der Waals surface area contributed by atoms with Crippen molar-refractivity contribution in [1.29, 1.82) is 0 Å². The van der Waals surface area contributed by atoms with Crippen molar-refractivity contribution in [2.45, 2.75) is 13.3 Å². The lowest BCUT2D eigenvalue weighted by molar-refractivity contribution is -0.383. The summed E-state index contributed by atoms with van der Waals surface area (Å²) in [4.78, 5) is 15.0. The maximum atomic E-state index is 11.1. The van der Waals surface area contributed by atoms with Crippen LogP contribution in [0.5, 0.6) is 5.88 Å². The average Bonchev–Trinajstić information content (AvgIpc) is 2.72. The van der Waals surface area contributed by atoms with E-state index in [1.54, 1.807) is 13.0 Å². The molecule has 0 atom stereocenters. The van der Waals surface area contributed by atoms with Gasteiger partial charge in [0.05, 0.1) is 11.5 Å². The van der Waals surface area contributed by atoms with Gasteiger partial charge in [-0.2, -0.15) is 0 Å². The smallest absolute Gasteiger partial charge is 0.298 e. The van der Waals surface area contributed by atoms with Gasteiger partial charge in [-0.15, -0.1) is 0 Å². The molecule has 0 bridgehead atoms. The van der Waals surface area contributed by atoms with Gasteiger partial charge in [0.2, 0.25) is 5.88 Å². The van der Waals surface area contributed by atoms with E-state index >= 15 is 0 Å². The second-order valence-electron chi connectivity index (χ2n) is 4.11. The Labute approximate surface area is 97.2 Å². The fourth-order valence-corrected chi connectivity index (χ4v) is 2.15. The number of nitro benzene ring substituents is 1. The molecular formula is C12H10N2O3. The Balaban J connectivity index is 2.39. The summed E-state index contributed by atoms with van der Waals surface area (Å²) in [5.74, 6) is 0.534. The predicted octanol–water partition coefficient (Wildman–Crippen LogP) is 2.39. The number of fused-ring (bicyclic) bond motifs is 2. The van der Waals surface area contributed by atoms with Gasteiger partial charge in [0, 0.05) is 22.9 Å². The molecular weight excluding hydrogens is 220 g/mol. The Morgan fingerprint density at radius 3 is 3.06 bits per heavy atom. The van der Waals surface area contributed by atoms with E-state index in [0.717, 1.165) is 17.4 Å². The lowest BCUT2D eigenvalue weighted by atomic mass is 10.1. The molecule has 0 fully saturated rings. The number of pyridine rings is 1. The SMILES string of the molecule is Cc1ccc2cc3c(nc2c1[N+](=O)[O-])OCC3. The number of nitro groups is 1. The molecule has 1 aromatic heterocycles. The van der Waals surface area contributed by atoms with E-state index in [9.17, 15) is 10.1 Å². The van der Waals surface area contributed by atoms with Crippen LogP contribution < -0.4 is 4.74 Å². The minimum absolute atomic E-state index is 0.0702. The number of hydrogen-bond donors (Lipinski definition) is 0. The van der Waals surface area contributed by atoms with Gasteiger partial charge in [0.25, 0.3) is 5.69 Å². The minimum Gasteiger partial charge on any atom is -0.477 e. The molecule has 0 saturated carbocycles. The van der Waals surface area contributed by atoms with Crippen molar-refractivity contribution in [2.24, 2.45) is 0 Å². The highest BCUT2D eigenvalue weighted by atomic mass is 16.6. The van der Waals surface area contributed by atoms with Crippen molar-refractivity contribution in [2.75, 3.05) is 6.61 Å². The van der Waals surface area contributed by atoms with Crippen LogP contribution in [-0.4, -0.2) is 16.5 Å². The molecule has 17 heavy (non-hydrogen) atoms. The molecule has 0 spiro atoms. The predicted molar refractivity (Wildman–Crippen MR) is 62.3 cm³/mol. The Morgan fingerprint density at radius 2 is 2.29 bits per heavy atom. The second-order valence-corrected chi connectivity index (χ2v) is 4.11. The van der Waals surface area contributed by atoms with E-state index in [0.29, 0.717) is 23.6 Å². The molecule has 2 aromatic rings. The zero-order valence-electron chi connectivity index (χ0n) is 9.27. The fourth-order valence-electron chi connectivity index (χ4n) is 2.15. The van der Waals surface area contributed by atoms with Crippen LogP contribution in [0.3, 0.4) is 0 Å². The number of aryl methyl sites for hydroxylation is 1. The zero-order valence-corrected chi connectivity index (χ0v) is 9.27. The summed E-state index contributed by atoms with van der Waals surface area (Å²) in [6.45, 7) is 2.32. The van der Waals surface area contributed by atoms with Gasteiger partial charge in [-0.25, -0.2) is 4.98 Å². The molecule has 0 saturated heterocycles. The maximum absolute atomic E-state index is 11.1. The lowest BCUT2D eigenvalue weighted by Crippen LogP contribution is -1.96. The number of hydrogen-bond acceptors (Lipinski definition) is 4. The fraction of sp³-hybridized carbons (Fsp3) is 0.250. The Hall–Kier alpha value is -2.17. The third kappa shape index (κ3) is 1.43. The lowest BCUT2D eigenvalue weighted by Gasteiger charge is -2.04. The molecule has 5 nitrogen and oxygen atoms in total. The topological polar surface area (TPSA) is 65.3 Å². The number of aromatic nitrogens is 1. The molecule has 2 heterocycles. The van der Waals surface area contributed by atoms with Gasteiger partial charge in [-0.3, -0.25) is 10.1 Å². The molecule has 0 aliphatic carbocycles. The summed E-state index contributed by atoms with van der Waals surface area (Å²) in [6, 6.07) is 5.55. The van der Waals surface area contributed by atoms with E-state index in [1.165, 1.54) is 0 Å². The number of nitrogens with zero attached hydrogens (tertiary/aromatic N) is 2. The van der Waals surface area contributed by atoms with E-state index in [-0.39, 0.29) is 10.6 Å². The van der Waals surface area contributed by atoms with Crippen LogP contribution in [0.25, 0.3) is 10.9 Å². The van der Waals surface area contributed by atoms with Crippen LogP contribution in [0.4, 0.5) is 5.69 Å². The van der Waals surface area contributed by atoms with Crippen molar-refractivity contribution >= 4 is 16.6 Å². The molecule has 3 rings (SSSR count). The monoisotopic (exact) mass is 230 g/mol. The molecule has 0 N–H and O–H groups in total. The second kappa shape index (κ2) is 3.41. The van der Waals surface area contributed by atoms with Crippen molar-refractivity contribution in [3.63, 3.8) is 0 Å². The number of ether oxygens (including phenoxy) is 1. The van der Waals surface area contributed by atoms with Gasteiger partial charge in [0.1, 0.15) is 0 Å². The third-order valence-corrected chi connectivity index (χ3v) is 2.99. The van der Waals surface area contributed by atoms with Gasteiger partial charge >= 0.3 is 0 Å². The van der Waals surface area contributed by atoms with E-state index < -0.39 is 0 Å². The average molecular weight is 230 g/mol. The first kappa shape index (κ1) is 10.0. The highest BCUT2D eigenvalue weighted by molar-refractivity contribution is 5.89. The summed E-state index contributed by atoms with van der Waals surface area (Å²) >= 11 is 0. The molecule has 86 valence electrons. The van der Waals surface area contributed by atoms with Crippen molar-refractivity contribution < 1.29 is 9.66 Å². The quantitative estimate of drug-likeness (QED) is 0.557. The van der Waals surface area contributed by atoms with Gasteiger partial charge < -0.3 is 4.74 Å². The first-order valence-corrected chi connectivity index (χ1v) is 5.37. The van der Waals surface area contributed by atoms with Crippen LogP contribution >= 0.6 is 0 Å². The molecule has 1 aromatic carbocycles. The molecule has 1 aliphatic rings. The molecule has 0 amide bonds. The van der Waals surface area contributed by atoms with Crippen molar-refractivity contribution in [3.05, 3.63) is 39.4 Å². The van der Waals surface area contributed by atoms with Crippen molar-refractivity contribution in [1.82, 2.24) is 4.98 Å². The Morgan fingerprint density at radius 1 is 1.47 bits per heavy atom. The highest BCUT2D eigenvalue weighted by Gasteiger charge is 2.21. The summed E-state index contributed by atoms with van der Waals surface area (Å²) < 4.78 is 5.35. The molecule has 0 radical (unpaired) electrons. The van der Waals surface area contributed by atoms with Crippen LogP contribution in [-0.2, 0) is 6.42 Å². The normalized spacial score (nSPS) is 13.5. The van der Waals surface area contributed by atoms with Gasteiger partial charge in [-0.05, 0) is 13.0 Å². The Bertz CT molecular complexity index is 637. The largest absolute Gasteiger partial charge is 0.477 e. The van der Waals surface area contributed by atoms with Crippen LogP contribution in [0.1, 0.15) is 11.1 Å². The third-order valence-electron chi connectivity index (χ3n) is 2.99. The summed E-state index contributed by atoms with van der Waals surface area (Å²) in [6.07, 6.45) is 0.819. The highest BCUT2D eigenvalue weighted by Crippen LogP contribution is 2.33. The standard InChI is InChI=1S/C12H10N2O3/c1-7-2-3-8-6-9-4-5-17-12(9)13-10(8)11(7)14(15)16/h2-3,6H,4-5H2,1H3. The van der Waals surface area contributed by atoms with Crippen LogP contribution in [0.15, 0.2) is 18.2 Å². The first-order chi connectivity index (χ1) is 8.16. The minimum atomic E-state index is -0.383. The number of rotatable bonds is 1. The summed E-state index contributed by atoms with van der Waals surface area (Å²) in [5.41, 5.74) is 2.13. The van der Waals surface area contributed by atoms with Gasteiger partial charge in [-0.1, -0.05) is 12.1 Å². The van der Waals surface area contributed by atoms with Crippen LogP contribution in [0, 0.1) is 17.0 Å². The van der Waals surface area contributed by atoms with Gasteiger partial charge in [0.15, 0.2) is 5.52 Å². The van der Waals surface area contributed by atoms with Crippen molar-refractivity contribution in [3.8, 4) is 5.88 Å². The number of benzene rings is 1.